The second-order valence-electron chi connectivity index (χ2n) is 4.48. The molecule has 1 saturated heterocycles. The Balaban J connectivity index is 0.00000128. The minimum Gasteiger partial charge on any atom is -0.375 e. The van der Waals surface area contributed by atoms with Gasteiger partial charge in [-0.2, -0.15) is 0 Å². The van der Waals surface area contributed by atoms with Gasteiger partial charge in [-0.15, -0.1) is 12.4 Å². The molecule has 0 spiro atoms. The van der Waals surface area contributed by atoms with Crippen LogP contribution in [0.3, 0.4) is 0 Å². The Kier molecular flexibility index (Phi) is 6.09. The summed E-state index contributed by atoms with van der Waals surface area (Å²) in [4.78, 5) is 11.5. The zero-order chi connectivity index (χ0) is 10.5. The van der Waals surface area contributed by atoms with Crippen LogP contribution in [0.1, 0.15) is 25.7 Å². The molecule has 0 aromatic rings. The van der Waals surface area contributed by atoms with E-state index in [1.165, 1.54) is 12.8 Å². The predicted octanol–water partition coefficient (Wildman–Crippen LogP) is 0.703. The molecule has 1 aliphatic heterocycles. The average molecular weight is 249 g/mol. The zero-order valence-electron chi connectivity index (χ0n) is 9.54. The van der Waals surface area contributed by atoms with E-state index in [0.717, 1.165) is 38.6 Å². The molecule has 0 aromatic heterocycles. The quantitative estimate of drug-likeness (QED) is 0.753. The number of rotatable bonds is 5. The summed E-state index contributed by atoms with van der Waals surface area (Å²) in [6.07, 6.45) is 4.42. The first kappa shape index (κ1) is 13.7. The molecule has 1 atom stereocenters. The monoisotopic (exact) mass is 248 g/mol. The molecule has 16 heavy (non-hydrogen) atoms. The fourth-order valence-electron chi connectivity index (χ4n) is 1.85. The van der Waals surface area contributed by atoms with Crippen molar-refractivity contribution in [1.29, 1.82) is 0 Å². The predicted molar refractivity (Wildman–Crippen MR) is 64.8 cm³/mol. The number of carbonyl (C=O) groups is 1. The summed E-state index contributed by atoms with van der Waals surface area (Å²) >= 11 is 0. The van der Waals surface area contributed by atoms with Crippen LogP contribution in [0.4, 0.5) is 0 Å². The topological polar surface area (TPSA) is 50.4 Å². The summed E-state index contributed by atoms with van der Waals surface area (Å²) in [5, 5.41) is 6.17. The number of nitrogens with one attached hydrogen (secondary N) is 2. The van der Waals surface area contributed by atoms with Crippen molar-refractivity contribution in [3.8, 4) is 0 Å². The molecule has 4 nitrogen and oxygen atoms in total. The average Bonchev–Trinajstić information content (AvgIpc) is 3.03. The van der Waals surface area contributed by atoms with Gasteiger partial charge in [-0.1, -0.05) is 12.8 Å². The lowest BCUT2D eigenvalue weighted by Gasteiger charge is -2.23. The summed E-state index contributed by atoms with van der Waals surface area (Å²) in [6.45, 7) is 3.26. The molecule has 5 heteroatoms. The van der Waals surface area contributed by atoms with E-state index in [1.807, 2.05) is 0 Å². The Hall–Kier alpha value is -0.320. The van der Waals surface area contributed by atoms with Gasteiger partial charge in [0.1, 0.15) is 0 Å². The van der Waals surface area contributed by atoms with Crippen LogP contribution in [-0.4, -0.2) is 38.3 Å². The number of halogens is 1. The Bertz CT molecular complexity index is 216. The van der Waals surface area contributed by atoms with Crippen molar-refractivity contribution in [2.75, 3.05) is 26.2 Å². The summed E-state index contributed by atoms with van der Waals surface area (Å²) in [5.74, 6) is 1.02. The molecule has 1 unspecified atom stereocenters. The highest BCUT2D eigenvalue weighted by Gasteiger charge is 2.21. The number of hydrogen-bond acceptors (Lipinski definition) is 3. The van der Waals surface area contributed by atoms with Gasteiger partial charge in [-0.05, 0) is 12.3 Å². The maximum absolute atomic E-state index is 11.5. The van der Waals surface area contributed by atoms with Gasteiger partial charge in [0.2, 0.25) is 5.91 Å². The van der Waals surface area contributed by atoms with E-state index < -0.39 is 0 Å². The lowest BCUT2D eigenvalue weighted by atomic mass is 10.2. The van der Waals surface area contributed by atoms with Crippen LogP contribution >= 0.6 is 12.4 Å². The van der Waals surface area contributed by atoms with E-state index in [9.17, 15) is 4.79 Å². The fraction of sp³-hybridized carbons (Fsp3) is 0.909. The van der Waals surface area contributed by atoms with E-state index >= 15 is 0 Å². The number of morpholine rings is 1. The van der Waals surface area contributed by atoms with Crippen molar-refractivity contribution in [2.24, 2.45) is 5.92 Å². The molecule has 0 bridgehead atoms. The molecule has 2 aliphatic rings. The molecule has 2 rings (SSSR count). The van der Waals surface area contributed by atoms with Gasteiger partial charge in [-0.25, -0.2) is 0 Å². The van der Waals surface area contributed by atoms with Gasteiger partial charge in [0, 0.05) is 19.6 Å². The Morgan fingerprint density at radius 2 is 2.25 bits per heavy atom. The number of amides is 1. The highest BCUT2D eigenvalue weighted by molar-refractivity contribution is 5.85. The molecule has 1 heterocycles. The molecule has 1 saturated carbocycles. The minimum absolute atomic E-state index is 0. The second-order valence-corrected chi connectivity index (χ2v) is 4.48. The Morgan fingerprint density at radius 1 is 1.44 bits per heavy atom. The fourth-order valence-corrected chi connectivity index (χ4v) is 1.85. The van der Waals surface area contributed by atoms with Gasteiger partial charge in [0.15, 0.2) is 0 Å². The number of ether oxygens (including phenoxy) is 1. The maximum atomic E-state index is 11.5. The molecular formula is C11H21ClN2O2. The van der Waals surface area contributed by atoms with Gasteiger partial charge in [0.25, 0.3) is 0 Å². The molecule has 0 aromatic carbocycles. The van der Waals surface area contributed by atoms with Gasteiger partial charge < -0.3 is 15.4 Å². The number of hydrogen-bond donors (Lipinski definition) is 2. The van der Waals surface area contributed by atoms with Crippen molar-refractivity contribution < 1.29 is 9.53 Å². The van der Waals surface area contributed by atoms with Crippen molar-refractivity contribution in [3.63, 3.8) is 0 Å². The van der Waals surface area contributed by atoms with Gasteiger partial charge >= 0.3 is 0 Å². The third-order valence-corrected chi connectivity index (χ3v) is 2.99. The lowest BCUT2D eigenvalue weighted by molar-refractivity contribution is -0.124. The van der Waals surface area contributed by atoms with E-state index in [2.05, 4.69) is 10.6 Å². The van der Waals surface area contributed by atoms with Crippen LogP contribution in [0.15, 0.2) is 0 Å². The first-order valence-electron chi connectivity index (χ1n) is 5.93. The second kappa shape index (κ2) is 7.09. The van der Waals surface area contributed by atoms with Crippen LogP contribution in [0.25, 0.3) is 0 Å². The smallest absolute Gasteiger partial charge is 0.222 e. The molecule has 2 fully saturated rings. The van der Waals surface area contributed by atoms with Crippen molar-refractivity contribution in [1.82, 2.24) is 10.6 Å². The number of carbonyl (C=O) groups excluding carboxylic acids is 1. The largest absolute Gasteiger partial charge is 0.375 e. The molecule has 94 valence electrons. The summed E-state index contributed by atoms with van der Waals surface area (Å²) in [5.41, 5.74) is 0. The molecular weight excluding hydrogens is 228 g/mol. The van der Waals surface area contributed by atoms with E-state index in [4.69, 9.17) is 4.74 Å². The summed E-state index contributed by atoms with van der Waals surface area (Å²) in [7, 11) is 0. The molecule has 1 amide bonds. The third-order valence-electron chi connectivity index (χ3n) is 2.99. The van der Waals surface area contributed by atoms with Crippen LogP contribution in [0.5, 0.6) is 0 Å². The van der Waals surface area contributed by atoms with E-state index in [0.29, 0.717) is 6.42 Å². The summed E-state index contributed by atoms with van der Waals surface area (Å²) in [6, 6.07) is 0. The third kappa shape index (κ3) is 5.14. The van der Waals surface area contributed by atoms with Crippen LogP contribution in [0.2, 0.25) is 0 Å². The highest BCUT2D eigenvalue weighted by atomic mass is 35.5. The normalized spacial score (nSPS) is 24.6. The van der Waals surface area contributed by atoms with Crippen LogP contribution < -0.4 is 10.6 Å². The maximum Gasteiger partial charge on any atom is 0.222 e. The Labute approximate surface area is 103 Å². The zero-order valence-corrected chi connectivity index (χ0v) is 10.4. The SMILES string of the molecule is Cl.O=C(CC1CNCCO1)NCCC1CC1. The van der Waals surface area contributed by atoms with Crippen molar-refractivity contribution in [2.45, 2.75) is 31.8 Å². The van der Waals surface area contributed by atoms with Gasteiger partial charge in [0.05, 0.1) is 19.1 Å². The summed E-state index contributed by atoms with van der Waals surface area (Å²) < 4.78 is 5.47. The standard InChI is InChI=1S/C11H20N2O2.ClH/c14-11(13-4-3-9-1-2-9)7-10-8-12-5-6-15-10;/h9-10,12H,1-8H2,(H,13,14);1H. The lowest BCUT2D eigenvalue weighted by Crippen LogP contribution is -2.41. The molecule has 1 aliphatic carbocycles. The van der Waals surface area contributed by atoms with Gasteiger partial charge in [-0.3, -0.25) is 4.79 Å². The minimum atomic E-state index is 0. The Morgan fingerprint density at radius 3 is 2.88 bits per heavy atom. The van der Waals surface area contributed by atoms with E-state index in [-0.39, 0.29) is 24.4 Å². The van der Waals surface area contributed by atoms with Crippen LogP contribution in [0, 0.1) is 5.92 Å². The molecule has 0 radical (unpaired) electrons. The van der Waals surface area contributed by atoms with Crippen molar-refractivity contribution >= 4 is 18.3 Å². The first-order chi connectivity index (χ1) is 7.34. The highest BCUT2D eigenvalue weighted by Crippen LogP contribution is 2.31. The first-order valence-corrected chi connectivity index (χ1v) is 5.93. The van der Waals surface area contributed by atoms with E-state index in [1.54, 1.807) is 0 Å². The molecule has 2 N–H and O–H groups in total. The van der Waals surface area contributed by atoms with Crippen LogP contribution in [-0.2, 0) is 9.53 Å². The van der Waals surface area contributed by atoms with Crippen molar-refractivity contribution in [3.05, 3.63) is 0 Å².